The average Bonchev–Trinajstić information content (AvgIpc) is 2.61. The quantitative estimate of drug-likeness (QED) is 0.677. The third-order valence-corrected chi connectivity index (χ3v) is 3.55. The number of hydrogen-bond acceptors (Lipinski definition) is 3. The molecule has 0 bridgehead atoms. The number of aryl methyl sites for hydroxylation is 2. The highest BCUT2D eigenvalue weighted by Crippen LogP contribution is 2.18. The second-order valence-corrected chi connectivity index (χ2v) is 5.59. The van der Waals surface area contributed by atoms with E-state index < -0.39 is 6.03 Å². The molecule has 0 aliphatic carbocycles. The zero-order chi connectivity index (χ0) is 18.1. The molecule has 2 rings (SSSR count). The first-order chi connectivity index (χ1) is 12.1. The van der Waals surface area contributed by atoms with Crippen molar-refractivity contribution in [2.75, 3.05) is 25.0 Å². The van der Waals surface area contributed by atoms with Crippen LogP contribution in [-0.2, 0) is 4.79 Å². The normalized spacial score (nSPS) is 10.0. The van der Waals surface area contributed by atoms with E-state index in [1.165, 1.54) is 0 Å². The van der Waals surface area contributed by atoms with E-state index in [9.17, 15) is 9.59 Å². The molecule has 0 saturated carbocycles. The Balaban J connectivity index is 1.65. The number of carbonyl (C=O) groups is 2. The molecule has 0 radical (unpaired) electrons. The minimum Gasteiger partial charge on any atom is -0.492 e. The lowest BCUT2D eigenvalue weighted by molar-refractivity contribution is -0.115. The number of para-hydroxylation sites is 2. The summed E-state index contributed by atoms with van der Waals surface area (Å²) >= 11 is 0. The highest BCUT2D eigenvalue weighted by atomic mass is 16.5. The van der Waals surface area contributed by atoms with Crippen molar-refractivity contribution >= 4 is 17.6 Å². The van der Waals surface area contributed by atoms with Crippen molar-refractivity contribution in [2.24, 2.45) is 0 Å². The maximum absolute atomic E-state index is 12.0. The van der Waals surface area contributed by atoms with E-state index in [4.69, 9.17) is 4.74 Å². The van der Waals surface area contributed by atoms with Gasteiger partial charge in [-0.3, -0.25) is 4.79 Å². The molecule has 0 saturated heterocycles. The van der Waals surface area contributed by atoms with Crippen LogP contribution >= 0.6 is 0 Å². The summed E-state index contributed by atoms with van der Waals surface area (Å²) in [5.41, 5.74) is 2.75. The van der Waals surface area contributed by atoms with Crippen molar-refractivity contribution in [3.8, 4) is 5.75 Å². The van der Waals surface area contributed by atoms with Crippen molar-refractivity contribution < 1.29 is 14.3 Å². The molecule has 0 aromatic heterocycles. The second-order valence-electron chi connectivity index (χ2n) is 5.59. The topological polar surface area (TPSA) is 79.5 Å². The predicted octanol–water partition coefficient (Wildman–Crippen LogP) is 2.62. The third-order valence-electron chi connectivity index (χ3n) is 3.55. The summed E-state index contributed by atoms with van der Waals surface area (Å²) in [7, 11) is 0. The van der Waals surface area contributed by atoms with E-state index >= 15 is 0 Å². The van der Waals surface area contributed by atoms with Gasteiger partial charge in [0.05, 0.1) is 13.1 Å². The van der Waals surface area contributed by atoms with Crippen molar-refractivity contribution in [3.05, 3.63) is 59.7 Å². The van der Waals surface area contributed by atoms with E-state index in [0.29, 0.717) is 13.2 Å². The van der Waals surface area contributed by atoms with Gasteiger partial charge in [0.25, 0.3) is 0 Å². The number of ether oxygens (including phenoxy) is 1. The van der Waals surface area contributed by atoms with Gasteiger partial charge < -0.3 is 20.7 Å². The number of carbonyl (C=O) groups excluding carboxylic acids is 2. The summed E-state index contributed by atoms with van der Waals surface area (Å²) in [4.78, 5) is 23.6. The SMILES string of the molecule is Cc1cccc(C)c1NC(=O)CNC(=O)NCCOc1ccccc1. The Morgan fingerprint density at radius 1 is 0.920 bits per heavy atom. The fraction of sp³-hybridized carbons (Fsp3) is 0.263. The van der Waals surface area contributed by atoms with Gasteiger partial charge in [-0.2, -0.15) is 0 Å². The average molecular weight is 341 g/mol. The number of amides is 3. The fourth-order valence-corrected chi connectivity index (χ4v) is 2.27. The van der Waals surface area contributed by atoms with Crippen LogP contribution in [0.15, 0.2) is 48.5 Å². The molecule has 0 fully saturated rings. The molecule has 2 aromatic rings. The maximum Gasteiger partial charge on any atom is 0.315 e. The molecule has 0 aliphatic rings. The van der Waals surface area contributed by atoms with E-state index in [1.807, 2.05) is 62.4 Å². The van der Waals surface area contributed by atoms with Gasteiger partial charge in [-0.1, -0.05) is 36.4 Å². The van der Waals surface area contributed by atoms with Gasteiger partial charge in [-0.05, 0) is 37.1 Å². The lowest BCUT2D eigenvalue weighted by atomic mass is 10.1. The zero-order valence-electron chi connectivity index (χ0n) is 14.5. The molecule has 0 unspecified atom stereocenters. The molecule has 2 aromatic carbocycles. The van der Waals surface area contributed by atoms with Crippen LogP contribution < -0.4 is 20.7 Å². The lowest BCUT2D eigenvalue weighted by Crippen LogP contribution is -2.41. The minimum atomic E-state index is -0.409. The summed E-state index contributed by atoms with van der Waals surface area (Å²) in [6, 6.07) is 14.7. The molecular formula is C19H23N3O3. The summed E-state index contributed by atoms with van der Waals surface area (Å²) in [6.45, 7) is 4.45. The molecule has 0 heterocycles. The summed E-state index contributed by atoms with van der Waals surface area (Å²) in [5, 5.41) is 7.98. The Kier molecular flexibility index (Phi) is 6.83. The number of anilines is 1. The van der Waals surface area contributed by atoms with Crippen LogP contribution in [-0.4, -0.2) is 31.6 Å². The van der Waals surface area contributed by atoms with Crippen LogP contribution in [0.2, 0.25) is 0 Å². The Bertz CT molecular complexity index is 697. The number of nitrogens with one attached hydrogen (secondary N) is 3. The molecule has 3 amide bonds. The highest BCUT2D eigenvalue weighted by Gasteiger charge is 2.08. The minimum absolute atomic E-state index is 0.0981. The summed E-state index contributed by atoms with van der Waals surface area (Å²) < 4.78 is 5.47. The number of hydrogen-bond donors (Lipinski definition) is 3. The Morgan fingerprint density at radius 2 is 1.60 bits per heavy atom. The molecule has 3 N–H and O–H groups in total. The molecule has 6 nitrogen and oxygen atoms in total. The van der Waals surface area contributed by atoms with E-state index in [-0.39, 0.29) is 12.5 Å². The van der Waals surface area contributed by atoms with Crippen molar-refractivity contribution in [3.63, 3.8) is 0 Å². The van der Waals surface area contributed by atoms with Crippen LogP contribution in [0.3, 0.4) is 0 Å². The number of benzene rings is 2. The number of rotatable bonds is 7. The van der Waals surface area contributed by atoms with Crippen LogP contribution in [0.25, 0.3) is 0 Å². The molecule has 6 heteroatoms. The van der Waals surface area contributed by atoms with E-state index in [2.05, 4.69) is 16.0 Å². The fourth-order valence-electron chi connectivity index (χ4n) is 2.27. The molecule has 132 valence electrons. The van der Waals surface area contributed by atoms with Gasteiger partial charge in [0, 0.05) is 5.69 Å². The highest BCUT2D eigenvalue weighted by molar-refractivity contribution is 5.95. The molecule has 25 heavy (non-hydrogen) atoms. The lowest BCUT2D eigenvalue weighted by Gasteiger charge is -2.12. The first-order valence-corrected chi connectivity index (χ1v) is 8.12. The van der Waals surface area contributed by atoms with Crippen LogP contribution in [0, 0.1) is 13.8 Å². The first kappa shape index (κ1) is 18.3. The third kappa shape index (κ3) is 6.18. The van der Waals surface area contributed by atoms with Gasteiger partial charge in [-0.15, -0.1) is 0 Å². The molecule has 0 spiro atoms. The van der Waals surface area contributed by atoms with Gasteiger partial charge in [0.15, 0.2) is 0 Å². The zero-order valence-corrected chi connectivity index (χ0v) is 14.5. The Morgan fingerprint density at radius 3 is 2.28 bits per heavy atom. The summed E-state index contributed by atoms with van der Waals surface area (Å²) in [6.07, 6.45) is 0. The Hall–Kier alpha value is -3.02. The van der Waals surface area contributed by atoms with Crippen LogP contribution in [0.5, 0.6) is 5.75 Å². The standard InChI is InChI=1S/C19H23N3O3/c1-14-7-6-8-15(2)18(14)22-17(23)13-21-19(24)20-11-12-25-16-9-4-3-5-10-16/h3-10H,11-13H2,1-2H3,(H,22,23)(H2,20,21,24). The van der Waals surface area contributed by atoms with Gasteiger partial charge >= 0.3 is 6.03 Å². The maximum atomic E-state index is 12.0. The largest absolute Gasteiger partial charge is 0.492 e. The van der Waals surface area contributed by atoms with E-state index in [0.717, 1.165) is 22.6 Å². The molecule has 0 atom stereocenters. The van der Waals surface area contributed by atoms with Crippen molar-refractivity contribution in [1.29, 1.82) is 0 Å². The van der Waals surface area contributed by atoms with Crippen LogP contribution in [0.4, 0.5) is 10.5 Å². The van der Waals surface area contributed by atoms with Crippen LogP contribution in [0.1, 0.15) is 11.1 Å². The first-order valence-electron chi connectivity index (χ1n) is 8.12. The van der Waals surface area contributed by atoms with Gasteiger partial charge in [0.1, 0.15) is 12.4 Å². The molecule has 0 aliphatic heterocycles. The smallest absolute Gasteiger partial charge is 0.315 e. The van der Waals surface area contributed by atoms with Gasteiger partial charge in [0.2, 0.25) is 5.91 Å². The monoisotopic (exact) mass is 341 g/mol. The van der Waals surface area contributed by atoms with Crippen molar-refractivity contribution in [2.45, 2.75) is 13.8 Å². The van der Waals surface area contributed by atoms with E-state index in [1.54, 1.807) is 0 Å². The second kappa shape index (κ2) is 9.32. The number of urea groups is 1. The predicted molar refractivity (Wildman–Crippen MR) is 97.9 cm³/mol. The Labute approximate surface area is 147 Å². The summed E-state index contributed by atoms with van der Waals surface area (Å²) in [5.74, 6) is 0.478. The molecular weight excluding hydrogens is 318 g/mol. The van der Waals surface area contributed by atoms with Gasteiger partial charge in [-0.25, -0.2) is 4.79 Å². The van der Waals surface area contributed by atoms with Crippen molar-refractivity contribution in [1.82, 2.24) is 10.6 Å².